The molecule has 2 atom stereocenters. The van der Waals surface area contributed by atoms with Crippen LogP contribution in [0.1, 0.15) is 37.3 Å². The molecular weight excluding hydrogens is 322 g/mol. The first-order chi connectivity index (χ1) is 12.8. The maximum absolute atomic E-state index is 12.9. The van der Waals surface area contributed by atoms with Crippen LogP contribution < -0.4 is 5.32 Å². The lowest BCUT2D eigenvalue weighted by Crippen LogP contribution is -2.34. The monoisotopic (exact) mass is 350 g/mol. The van der Waals surface area contributed by atoms with Gasteiger partial charge in [-0.3, -0.25) is 0 Å². The molecule has 4 nitrogen and oxygen atoms in total. The van der Waals surface area contributed by atoms with Gasteiger partial charge in [-0.2, -0.15) is 0 Å². The normalized spacial score (nSPS) is 23.4. The molecule has 4 heteroatoms. The fraction of sp³-hybridized carbons (Fsp3) is 0.455. The lowest BCUT2D eigenvalue weighted by atomic mass is 9.96. The Kier molecular flexibility index (Phi) is 5.30. The number of piperidine rings is 1. The third-order valence-electron chi connectivity index (χ3n) is 5.78. The first kappa shape index (κ1) is 17.2. The predicted octanol–water partition coefficient (Wildman–Crippen LogP) is 4.18. The zero-order valence-electron chi connectivity index (χ0n) is 15.3. The van der Waals surface area contributed by atoms with E-state index >= 15 is 0 Å². The Bertz CT molecular complexity index is 740. The first-order valence-corrected chi connectivity index (χ1v) is 9.88. The van der Waals surface area contributed by atoms with Crippen molar-refractivity contribution in [1.29, 1.82) is 0 Å². The first-order valence-electron chi connectivity index (χ1n) is 9.88. The molecule has 0 saturated carbocycles. The Labute approximate surface area is 155 Å². The van der Waals surface area contributed by atoms with E-state index in [9.17, 15) is 4.91 Å². The lowest BCUT2D eigenvalue weighted by molar-refractivity contribution is -0.716. The Morgan fingerprint density at radius 2 is 1.88 bits per heavy atom. The molecule has 0 amide bonds. The molecule has 136 valence electrons. The second-order valence-corrected chi connectivity index (χ2v) is 7.55. The molecule has 2 heterocycles. The fourth-order valence-electron chi connectivity index (χ4n) is 4.24. The zero-order valence-corrected chi connectivity index (χ0v) is 15.3. The summed E-state index contributed by atoms with van der Waals surface area (Å²) < 4.78 is 0. The van der Waals surface area contributed by atoms with E-state index in [0.717, 1.165) is 50.5 Å². The highest BCUT2D eigenvalue weighted by Crippen LogP contribution is 2.31. The molecule has 0 spiro atoms. The van der Waals surface area contributed by atoms with Gasteiger partial charge in [0.1, 0.15) is 4.87 Å². The number of hydrazine groups is 1. The molecule has 0 bridgehead atoms. The number of benzene rings is 2. The summed E-state index contributed by atoms with van der Waals surface area (Å²) in [6.07, 6.45) is 4.58. The Hall–Kier alpha value is -2.20. The van der Waals surface area contributed by atoms with Gasteiger partial charge in [0, 0.05) is 12.0 Å². The minimum Gasteiger partial charge on any atom is -0.316 e. The minimum absolute atomic E-state index is 0.0526. The molecule has 0 radical (unpaired) electrons. The predicted molar refractivity (Wildman–Crippen MR) is 105 cm³/mol. The molecule has 2 aromatic rings. The largest absolute Gasteiger partial charge is 0.316 e. The van der Waals surface area contributed by atoms with E-state index in [2.05, 4.69) is 53.8 Å². The van der Waals surface area contributed by atoms with Gasteiger partial charge in [-0.05, 0) is 55.5 Å². The molecule has 1 N–H and O–H groups in total. The summed E-state index contributed by atoms with van der Waals surface area (Å²) in [5.41, 5.74) is 3.51. The third kappa shape index (κ3) is 3.80. The number of hydrogen-bond acceptors (Lipinski definition) is 2. The van der Waals surface area contributed by atoms with Gasteiger partial charge in [0.2, 0.25) is 0 Å². The van der Waals surface area contributed by atoms with Gasteiger partial charge in [0.15, 0.2) is 0 Å². The number of rotatable bonds is 5. The van der Waals surface area contributed by atoms with Crippen molar-refractivity contribution in [2.75, 3.05) is 26.2 Å². The minimum atomic E-state index is -0.0526. The topological polar surface area (TPSA) is 35.4 Å². The summed E-state index contributed by atoms with van der Waals surface area (Å²) >= 11 is 0. The van der Waals surface area contributed by atoms with Gasteiger partial charge >= 0.3 is 0 Å². The van der Waals surface area contributed by atoms with Crippen LogP contribution in [0.2, 0.25) is 0 Å². The standard InChI is InChI=1S/C22H28N3O/c26-25-22(12-15-24(25)14-11-18-6-5-13-23-17-18)21-10-4-9-20(16-21)19-7-2-1-3-8-19/h1-4,7-10,16,18,22-23H,5-6,11-15,17H2/q+1. The lowest BCUT2D eigenvalue weighted by Gasteiger charge is -2.23. The number of nitroso groups, excluding NO2 is 1. The summed E-state index contributed by atoms with van der Waals surface area (Å²) in [6.45, 7) is 4.00. The highest BCUT2D eigenvalue weighted by atomic mass is 16.3. The van der Waals surface area contributed by atoms with Crippen LogP contribution >= 0.6 is 0 Å². The summed E-state index contributed by atoms with van der Waals surface area (Å²) in [5.74, 6) is 0.720. The van der Waals surface area contributed by atoms with Crippen LogP contribution in [0.3, 0.4) is 0 Å². The van der Waals surface area contributed by atoms with Crippen molar-refractivity contribution in [2.45, 2.75) is 31.7 Å². The summed E-state index contributed by atoms with van der Waals surface area (Å²) in [7, 11) is 0. The zero-order chi connectivity index (χ0) is 17.8. The van der Waals surface area contributed by atoms with E-state index in [4.69, 9.17) is 0 Å². The quantitative estimate of drug-likeness (QED) is 0.822. The smallest absolute Gasteiger partial charge is 0.261 e. The van der Waals surface area contributed by atoms with Crippen LogP contribution in [-0.2, 0) is 0 Å². The summed E-state index contributed by atoms with van der Waals surface area (Å²) in [6, 6.07) is 18.8. The second-order valence-electron chi connectivity index (χ2n) is 7.55. The van der Waals surface area contributed by atoms with Crippen LogP contribution in [0.4, 0.5) is 0 Å². The molecule has 2 fully saturated rings. The van der Waals surface area contributed by atoms with Gasteiger partial charge in [0.05, 0.1) is 18.0 Å². The van der Waals surface area contributed by atoms with Gasteiger partial charge in [-0.25, -0.2) is 0 Å². The van der Waals surface area contributed by atoms with Crippen LogP contribution in [0.25, 0.3) is 11.1 Å². The van der Waals surface area contributed by atoms with Crippen molar-refractivity contribution in [3.8, 4) is 11.1 Å². The SMILES string of the molecule is O=[N+]1C(c2cccc(-c3ccccc3)c2)CCN1CCC1CCCNC1. The second kappa shape index (κ2) is 8.00. The molecule has 2 saturated heterocycles. The van der Waals surface area contributed by atoms with Crippen molar-refractivity contribution < 1.29 is 4.87 Å². The highest BCUT2D eigenvalue weighted by Gasteiger charge is 2.40. The van der Waals surface area contributed by atoms with Crippen molar-refractivity contribution >= 4 is 0 Å². The van der Waals surface area contributed by atoms with Gasteiger partial charge in [-0.1, -0.05) is 48.5 Å². The molecule has 2 aliphatic rings. The molecule has 26 heavy (non-hydrogen) atoms. The number of nitrogens with one attached hydrogen (secondary N) is 1. The summed E-state index contributed by atoms with van der Waals surface area (Å²) in [4.78, 5) is 14.1. The number of hydrogen-bond donors (Lipinski definition) is 1. The average molecular weight is 350 g/mol. The molecule has 4 rings (SSSR count). The van der Waals surface area contributed by atoms with E-state index < -0.39 is 0 Å². The Morgan fingerprint density at radius 1 is 1.04 bits per heavy atom. The highest BCUT2D eigenvalue weighted by molar-refractivity contribution is 5.64. The molecular formula is C22H28N3O+. The summed E-state index contributed by atoms with van der Waals surface area (Å²) in [5, 5.41) is 5.48. The van der Waals surface area contributed by atoms with E-state index in [1.54, 1.807) is 0 Å². The van der Waals surface area contributed by atoms with Crippen molar-refractivity contribution in [3.63, 3.8) is 0 Å². The van der Waals surface area contributed by atoms with Crippen LogP contribution in [0.15, 0.2) is 54.6 Å². The van der Waals surface area contributed by atoms with Crippen LogP contribution in [-0.4, -0.2) is 36.1 Å². The van der Waals surface area contributed by atoms with Crippen molar-refractivity contribution in [2.24, 2.45) is 5.92 Å². The molecule has 2 unspecified atom stereocenters. The van der Waals surface area contributed by atoms with Crippen LogP contribution in [0, 0.1) is 10.8 Å². The third-order valence-corrected chi connectivity index (χ3v) is 5.78. The maximum Gasteiger partial charge on any atom is 0.261 e. The van der Waals surface area contributed by atoms with Gasteiger partial charge in [0.25, 0.3) is 6.04 Å². The van der Waals surface area contributed by atoms with Crippen molar-refractivity contribution in [1.82, 2.24) is 10.3 Å². The van der Waals surface area contributed by atoms with Crippen molar-refractivity contribution in [3.05, 3.63) is 65.1 Å². The van der Waals surface area contributed by atoms with E-state index in [1.807, 2.05) is 11.1 Å². The van der Waals surface area contributed by atoms with E-state index in [0.29, 0.717) is 0 Å². The Morgan fingerprint density at radius 3 is 2.69 bits per heavy atom. The van der Waals surface area contributed by atoms with E-state index in [-0.39, 0.29) is 6.04 Å². The molecule has 0 aliphatic carbocycles. The van der Waals surface area contributed by atoms with Gasteiger partial charge in [-0.15, -0.1) is 5.01 Å². The average Bonchev–Trinajstić information content (AvgIpc) is 3.08. The number of nitrogens with zero attached hydrogens (tertiary/aromatic N) is 2. The molecule has 2 aromatic carbocycles. The fourth-order valence-corrected chi connectivity index (χ4v) is 4.24. The Balaban J connectivity index is 1.41. The molecule has 2 aliphatic heterocycles. The van der Waals surface area contributed by atoms with Gasteiger partial charge < -0.3 is 5.32 Å². The van der Waals surface area contributed by atoms with E-state index in [1.165, 1.54) is 28.8 Å². The maximum atomic E-state index is 12.9. The molecule has 0 aromatic heterocycles. The van der Waals surface area contributed by atoms with Crippen LogP contribution in [0.5, 0.6) is 0 Å².